The van der Waals surface area contributed by atoms with Crippen LogP contribution in [0.5, 0.6) is 0 Å². The van der Waals surface area contributed by atoms with E-state index in [0.717, 1.165) is 16.9 Å². The Morgan fingerprint density at radius 1 is 1.40 bits per heavy atom. The van der Waals surface area contributed by atoms with E-state index in [9.17, 15) is 0 Å². The van der Waals surface area contributed by atoms with Crippen LogP contribution < -0.4 is 5.32 Å². The van der Waals surface area contributed by atoms with E-state index in [1.54, 1.807) is 0 Å². The average molecular weight is 336 g/mol. The molecule has 2 aromatic rings. The topological polar surface area (TPSA) is 31.1 Å². The van der Waals surface area contributed by atoms with E-state index in [0.29, 0.717) is 0 Å². The second-order valence-electron chi connectivity index (χ2n) is 5.91. The van der Waals surface area contributed by atoms with Crippen LogP contribution in [-0.2, 0) is 6.54 Å². The normalized spacial score (nSPS) is 19.9. The van der Waals surface area contributed by atoms with Crippen LogP contribution in [0.15, 0.2) is 28.9 Å². The molecule has 1 atom stereocenters. The zero-order valence-corrected chi connectivity index (χ0v) is 13.5. The Morgan fingerprint density at radius 3 is 3.10 bits per heavy atom. The number of hydrogen-bond acceptors (Lipinski definition) is 2. The number of benzene rings is 1. The van der Waals surface area contributed by atoms with Crippen molar-refractivity contribution in [3.8, 4) is 0 Å². The molecular weight excluding hydrogens is 314 g/mol. The van der Waals surface area contributed by atoms with Gasteiger partial charge in [0.2, 0.25) is 0 Å². The van der Waals surface area contributed by atoms with E-state index in [1.807, 2.05) is 0 Å². The zero-order chi connectivity index (χ0) is 13.9. The molecule has 0 saturated carbocycles. The van der Waals surface area contributed by atoms with Crippen LogP contribution in [0.3, 0.4) is 0 Å². The Hall–Kier alpha value is -0.840. The highest BCUT2D eigenvalue weighted by Gasteiger charge is 2.15. The predicted octanol–water partition coefficient (Wildman–Crippen LogP) is 3.36. The fraction of sp³-hybridized carbons (Fsp3) is 0.500. The summed E-state index contributed by atoms with van der Waals surface area (Å²) in [6.07, 6.45) is 4.82. The molecule has 1 aromatic carbocycles. The first-order valence-electron chi connectivity index (χ1n) is 7.37. The summed E-state index contributed by atoms with van der Waals surface area (Å²) >= 11 is 3.56. The third-order valence-corrected chi connectivity index (χ3v) is 4.63. The molecule has 1 aliphatic heterocycles. The van der Waals surface area contributed by atoms with Gasteiger partial charge in [0.15, 0.2) is 0 Å². The van der Waals surface area contributed by atoms with Gasteiger partial charge in [-0.25, -0.2) is 0 Å². The van der Waals surface area contributed by atoms with Gasteiger partial charge in [-0.2, -0.15) is 0 Å². The summed E-state index contributed by atoms with van der Waals surface area (Å²) in [6.45, 7) is 4.54. The molecule has 20 heavy (non-hydrogen) atoms. The summed E-state index contributed by atoms with van der Waals surface area (Å²) < 4.78 is 1.14. The van der Waals surface area contributed by atoms with Gasteiger partial charge < -0.3 is 15.2 Å². The van der Waals surface area contributed by atoms with E-state index in [2.05, 4.69) is 62.6 Å². The van der Waals surface area contributed by atoms with Crippen molar-refractivity contribution in [3.05, 3.63) is 34.4 Å². The Morgan fingerprint density at radius 2 is 2.30 bits per heavy atom. The Balaban J connectivity index is 1.67. The first-order chi connectivity index (χ1) is 9.72. The zero-order valence-electron chi connectivity index (χ0n) is 12.0. The maximum atomic E-state index is 3.56. The first kappa shape index (κ1) is 14.1. The van der Waals surface area contributed by atoms with Gasteiger partial charge in [0, 0.05) is 34.7 Å². The molecule has 2 heterocycles. The summed E-state index contributed by atoms with van der Waals surface area (Å²) in [4.78, 5) is 5.81. The number of aromatic nitrogens is 1. The van der Waals surface area contributed by atoms with Crippen molar-refractivity contribution in [1.29, 1.82) is 0 Å². The fourth-order valence-corrected chi connectivity index (χ4v) is 3.52. The van der Waals surface area contributed by atoms with E-state index < -0.39 is 0 Å². The lowest BCUT2D eigenvalue weighted by molar-refractivity contribution is 0.238. The molecule has 4 heteroatoms. The number of H-pyrrole nitrogens is 1. The number of halogens is 1. The van der Waals surface area contributed by atoms with Gasteiger partial charge >= 0.3 is 0 Å². The van der Waals surface area contributed by atoms with Crippen LogP contribution >= 0.6 is 15.9 Å². The highest BCUT2D eigenvalue weighted by Crippen LogP contribution is 2.24. The van der Waals surface area contributed by atoms with Crippen molar-refractivity contribution >= 4 is 26.8 Å². The molecule has 2 N–H and O–H groups in total. The number of piperidine rings is 1. The number of fused-ring (bicyclic) bond motifs is 1. The van der Waals surface area contributed by atoms with Gasteiger partial charge in [0.05, 0.1) is 0 Å². The lowest BCUT2D eigenvalue weighted by Crippen LogP contribution is -2.36. The van der Waals surface area contributed by atoms with Gasteiger partial charge in [0.1, 0.15) is 0 Å². The third-order valence-electron chi connectivity index (χ3n) is 4.14. The minimum atomic E-state index is 0.797. The largest absolute Gasteiger partial charge is 0.361 e. The Labute approximate surface area is 128 Å². The molecule has 3 nitrogen and oxygen atoms in total. The summed E-state index contributed by atoms with van der Waals surface area (Å²) in [7, 11) is 2.23. The van der Waals surface area contributed by atoms with Crippen molar-refractivity contribution in [1.82, 2.24) is 15.2 Å². The average Bonchev–Trinajstić information content (AvgIpc) is 2.82. The Bertz CT molecular complexity index is 572. The first-order valence-corrected chi connectivity index (χ1v) is 8.16. The van der Waals surface area contributed by atoms with Crippen LogP contribution in [0.25, 0.3) is 10.9 Å². The maximum absolute atomic E-state index is 3.56. The van der Waals surface area contributed by atoms with Crippen LogP contribution in [0.2, 0.25) is 0 Å². The monoisotopic (exact) mass is 335 g/mol. The second-order valence-corrected chi connectivity index (χ2v) is 6.83. The fourth-order valence-electron chi connectivity index (χ4n) is 3.16. The lowest BCUT2D eigenvalue weighted by Gasteiger charge is -2.27. The number of aromatic amines is 1. The minimum Gasteiger partial charge on any atom is -0.361 e. The number of rotatable bonds is 4. The molecular formula is C16H22BrN3. The van der Waals surface area contributed by atoms with E-state index in [1.165, 1.54) is 48.9 Å². The highest BCUT2D eigenvalue weighted by atomic mass is 79.9. The standard InChI is InChI=1S/C16H22BrN3/c1-20(10-12-3-2-6-18-8-12)11-13-9-19-16-5-4-14(17)7-15(13)16/h4-5,7,9,12,18-19H,2-3,6,8,10-11H2,1H3. The molecule has 1 saturated heterocycles. The second kappa shape index (κ2) is 6.29. The SMILES string of the molecule is CN(Cc1c[nH]c2ccc(Br)cc12)CC1CCCNC1. The summed E-state index contributed by atoms with van der Waals surface area (Å²) in [5.74, 6) is 0.797. The van der Waals surface area contributed by atoms with Crippen LogP contribution in [0, 0.1) is 5.92 Å². The third kappa shape index (κ3) is 3.25. The summed E-state index contributed by atoms with van der Waals surface area (Å²) in [5, 5.41) is 4.82. The molecule has 0 amide bonds. The van der Waals surface area contributed by atoms with Crippen molar-refractivity contribution in [2.45, 2.75) is 19.4 Å². The Kier molecular flexibility index (Phi) is 4.44. The van der Waals surface area contributed by atoms with Crippen molar-refractivity contribution in [3.63, 3.8) is 0 Å². The van der Waals surface area contributed by atoms with Gasteiger partial charge in [-0.05, 0) is 62.7 Å². The van der Waals surface area contributed by atoms with Crippen LogP contribution in [0.1, 0.15) is 18.4 Å². The molecule has 108 valence electrons. The molecule has 0 radical (unpaired) electrons. The summed E-state index contributed by atoms with van der Waals surface area (Å²) in [5.41, 5.74) is 2.60. The van der Waals surface area contributed by atoms with Gasteiger partial charge in [-0.15, -0.1) is 0 Å². The molecule has 1 aliphatic rings. The molecule has 1 fully saturated rings. The maximum Gasteiger partial charge on any atom is 0.0458 e. The van der Waals surface area contributed by atoms with E-state index in [-0.39, 0.29) is 0 Å². The van der Waals surface area contributed by atoms with Gasteiger partial charge in [-0.3, -0.25) is 0 Å². The van der Waals surface area contributed by atoms with E-state index in [4.69, 9.17) is 0 Å². The molecule has 0 aliphatic carbocycles. The van der Waals surface area contributed by atoms with Crippen molar-refractivity contribution < 1.29 is 0 Å². The molecule has 0 spiro atoms. The smallest absolute Gasteiger partial charge is 0.0458 e. The highest BCUT2D eigenvalue weighted by molar-refractivity contribution is 9.10. The van der Waals surface area contributed by atoms with Gasteiger partial charge in [-0.1, -0.05) is 15.9 Å². The van der Waals surface area contributed by atoms with Gasteiger partial charge in [0.25, 0.3) is 0 Å². The molecule has 3 rings (SSSR count). The molecule has 0 bridgehead atoms. The predicted molar refractivity (Wildman–Crippen MR) is 87.9 cm³/mol. The lowest BCUT2D eigenvalue weighted by atomic mass is 9.99. The van der Waals surface area contributed by atoms with Crippen LogP contribution in [0.4, 0.5) is 0 Å². The number of hydrogen-bond donors (Lipinski definition) is 2. The quantitative estimate of drug-likeness (QED) is 0.897. The van der Waals surface area contributed by atoms with Crippen molar-refractivity contribution in [2.75, 3.05) is 26.7 Å². The molecule has 1 unspecified atom stereocenters. The number of nitrogens with one attached hydrogen (secondary N) is 2. The van der Waals surface area contributed by atoms with E-state index >= 15 is 0 Å². The summed E-state index contributed by atoms with van der Waals surface area (Å²) in [6, 6.07) is 6.42. The van der Waals surface area contributed by atoms with Crippen LogP contribution in [-0.4, -0.2) is 36.6 Å². The van der Waals surface area contributed by atoms with Crippen molar-refractivity contribution in [2.24, 2.45) is 5.92 Å². The molecule has 1 aromatic heterocycles. The number of nitrogens with zero attached hydrogens (tertiary/aromatic N) is 1. The minimum absolute atomic E-state index is 0.797.